The first-order valence-corrected chi connectivity index (χ1v) is 15.2. The zero-order valence-corrected chi connectivity index (χ0v) is 23.4. The summed E-state index contributed by atoms with van der Waals surface area (Å²) < 4.78 is 56.3. The monoisotopic (exact) mass is 581 g/mol. The molecule has 5 rings (SSSR count). The van der Waals surface area contributed by atoms with Gasteiger partial charge < -0.3 is 5.32 Å². The van der Waals surface area contributed by atoms with E-state index < -0.39 is 32.5 Å². The lowest BCUT2D eigenvalue weighted by Crippen LogP contribution is -2.40. The lowest BCUT2D eigenvalue weighted by atomic mass is 10.0. The van der Waals surface area contributed by atoms with Gasteiger partial charge in [-0.25, -0.2) is 16.8 Å². The second-order valence-electron chi connectivity index (χ2n) is 9.17. The van der Waals surface area contributed by atoms with Gasteiger partial charge in [0.2, 0.25) is 5.91 Å². The van der Waals surface area contributed by atoms with E-state index in [-0.39, 0.29) is 9.79 Å². The molecule has 1 aliphatic rings. The fourth-order valence-corrected chi connectivity index (χ4v) is 7.31. The zero-order chi connectivity index (χ0) is 27.9. The highest BCUT2D eigenvalue weighted by Gasteiger charge is 2.36. The van der Waals surface area contributed by atoms with Crippen molar-refractivity contribution >= 4 is 54.6 Å². The second-order valence-corrected chi connectivity index (χ2v) is 13.1. The molecule has 4 aromatic rings. The van der Waals surface area contributed by atoms with Crippen molar-refractivity contribution in [1.82, 2.24) is 0 Å². The highest BCUT2D eigenvalue weighted by molar-refractivity contribution is 7.93. The summed E-state index contributed by atoms with van der Waals surface area (Å²) in [6.07, 6.45) is 0. The van der Waals surface area contributed by atoms with Crippen LogP contribution < -0.4 is 14.3 Å². The van der Waals surface area contributed by atoms with Gasteiger partial charge in [0.1, 0.15) is 6.54 Å². The van der Waals surface area contributed by atoms with Crippen LogP contribution in [0.1, 0.15) is 11.1 Å². The Labute approximate surface area is 232 Å². The maximum Gasteiger partial charge on any atom is 0.265 e. The lowest BCUT2D eigenvalue weighted by Gasteiger charge is -2.31. The molecule has 0 bridgehead atoms. The van der Waals surface area contributed by atoms with Crippen molar-refractivity contribution in [3.8, 4) is 11.1 Å². The number of sulfonamides is 2. The zero-order valence-electron chi connectivity index (χ0n) is 21.0. The summed E-state index contributed by atoms with van der Waals surface area (Å²) in [6, 6.07) is 22.5. The van der Waals surface area contributed by atoms with Crippen LogP contribution in [0.4, 0.5) is 17.1 Å². The van der Waals surface area contributed by atoms with E-state index in [4.69, 9.17) is 11.6 Å². The predicted octanol–water partition coefficient (Wildman–Crippen LogP) is 5.57. The molecule has 8 nitrogen and oxygen atoms in total. The SMILES string of the molecule is Cc1ccc(C)c(NS(=O)(=O)c2ccc(NC(=O)CN3c4ccc(Cl)cc4-c4ccccc4S3(=O)=O)cc2)c1. The van der Waals surface area contributed by atoms with Crippen LogP contribution in [0.2, 0.25) is 5.02 Å². The number of nitrogens with zero attached hydrogens (tertiary/aromatic N) is 1. The van der Waals surface area contributed by atoms with Gasteiger partial charge in [-0.05, 0) is 79.6 Å². The van der Waals surface area contributed by atoms with Crippen molar-refractivity contribution in [2.75, 3.05) is 20.9 Å². The van der Waals surface area contributed by atoms with Crippen LogP contribution in [-0.4, -0.2) is 29.3 Å². The molecule has 0 aromatic heterocycles. The summed E-state index contributed by atoms with van der Waals surface area (Å²) in [4.78, 5) is 13.1. The summed E-state index contributed by atoms with van der Waals surface area (Å²) in [5.74, 6) is -0.594. The maximum atomic E-state index is 13.4. The highest BCUT2D eigenvalue weighted by atomic mass is 35.5. The minimum Gasteiger partial charge on any atom is -0.325 e. The van der Waals surface area contributed by atoms with Crippen molar-refractivity contribution < 1.29 is 21.6 Å². The molecule has 0 saturated carbocycles. The van der Waals surface area contributed by atoms with E-state index in [2.05, 4.69) is 10.0 Å². The minimum atomic E-state index is -4.02. The summed E-state index contributed by atoms with van der Waals surface area (Å²) in [5.41, 5.74) is 3.96. The van der Waals surface area contributed by atoms with Gasteiger partial charge in [0.25, 0.3) is 20.0 Å². The third kappa shape index (κ3) is 5.23. The summed E-state index contributed by atoms with van der Waals surface area (Å²) in [7, 11) is -7.88. The second kappa shape index (κ2) is 10.0. The first-order valence-electron chi connectivity index (χ1n) is 11.9. The van der Waals surface area contributed by atoms with Crippen LogP contribution >= 0.6 is 11.6 Å². The molecule has 0 spiro atoms. The van der Waals surface area contributed by atoms with Gasteiger partial charge in [-0.1, -0.05) is 41.9 Å². The number of amides is 1. The van der Waals surface area contributed by atoms with Crippen LogP contribution in [-0.2, 0) is 24.8 Å². The Morgan fingerprint density at radius 1 is 0.897 bits per heavy atom. The molecule has 11 heteroatoms. The summed E-state index contributed by atoms with van der Waals surface area (Å²) in [6.45, 7) is 3.19. The molecule has 0 radical (unpaired) electrons. The number of hydrogen-bond acceptors (Lipinski definition) is 5. The number of fused-ring (bicyclic) bond motifs is 3. The number of halogens is 1. The van der Waals surface area contributed by atoms with Crippen molar-refractivity contribution in [1.29, 1.82) is 0 Å². The molecule has 1 heterocycles. The predicted molar refractivity (Wildman–Crippen MR) is 153 cm³/mol. The third-order valence-corrected chi connectivity index (χ3v) is 9.78. The van der Waals surface area contributed by atoms with Crippen molar-refractivity contribution in [2.45, 2.75) is 23.6 Å². The molecule has 0 fully saturated rings. The van der Waals surface area contributed by atoms with E-state index in [1.165, 1.54) is 30.3 Å². The van der Waals surface area contributed by atoms with Gasteiger partial charge >= 0.3 is 0 Å². The average molecular weight is 582 g/mol. The number of rotatable bonds is 6. The number of anilines is 3. The smallest absolute Gasteiger partial charge is 0.265 e. The Morgan fingerprint density at radius 3 is 2.36 bits per heavy atom. The molecule has 4 aromatic carbocycles. The fourth-order valence-electron chi connectivity index (χ4n) is 4.37. The van der Waals surface area contributed by atoms with Crippen molar-refractivity contribution in [2.24, 2.45) is 0 Å². The average Bonchev–Trinajstić information content (AvgIpc) is 2.89. The molecule has 200 valence electrons. The van der Waals surface area contributed by atoms with E-state index >= 15 is 0 Å². The molecule has 0 atom stereocenters. The molecule has 0 aliphatic carbocycles. The van der Waals surface area contributed by atoms with Crippen LogP contribution in [0.25, 0.3) is 11.1 Å². The quantitative estimate of drug-likeness (QED) is 0.309. The number of carbonyl (C=O) groups is 1. The van der Waals surface area contributed by atoms with E-state index in [0.717, 1.165) is 15.4 Å². The molecule has 0 unspecified atom stereocenters. The van der Waals surface area contributed by atoms with E-state index in [0.29, 0.717) is 33.2 Å². The maximum absolute atomic E-state index is 13.4. The number of carbonyl (C=O) groups excluding carboxylic acids is 1. The van der Waals surface area contributed by atoms with E-state index in [1.54, 1.807) is 42.5 Å². The molecule has 0 saturated heterocycles. The van der Waals surface area contributed by atoms with Gasteiger partial charge in [-0.15, -0.1) is 0 Å². The van der Waals surface area contributed by atoms with Gasteiger partial charge in [0.05, 0.1) is 21.2 Å². The number of benzene rings is 4. The number of aryl methyl sites for hydroxylation is 2. The Balaban J connectivity index is 1.35. The Bertz CT molecular complexity index is 1820. The fraction of sp³-hybridized carbons (Fsp3) is 0.107. The van der Waals surface area contributed by atoms with Crippen molar-refractivity contribution in [3.63, 3.8) is 0 Å². The molecule has 1 amide bonds. The minimum absolute atomic E-state index is 0.0161. The summed E-state index contributed by atoms with van der Waals surface area (Å²) in [5, 5.41) is 3.09. The largest absolute Gasteiger partial charge is 0.325 e. The summed E-state index contributed by atoms with van der Waals surface area (Å²) >= 11 is 6.19. The lowest BCUT2D eigenvalue weighted by molar-refractivity contribution is -0.114. The van der Waals surface area contributed by atoms with Gasteiger partial charge in [0, 0.05) is 21.8 Å². The number of hydrogen-bond donors (Lipinski definition) is 2. The Morgan fingerprint density at radius 2 is 1.62 bits per heavy atom. The molecular weight excluding hydrogens is 558 g/mol. The van der Waals surface area contributed by atoms with Crippen molar-refractivity contribution in [3.05, 3.63) is 101 Å². The van der Waals surface area contributed by atoms with E-state index in [9.17, 15) is 21.6 Å². The number of nitrogens with one attached hydrogen (secondary N) is 2. The normalized spacial score (nSPS) is 13.8. The van der Waals surface area contributed by atoms with Crippen LogP contribution in [0.5, 0.6) is 0 Å². The topological polar surface area (TPSA) is 113 Å². The third-order valence-electron chi connectivity index (χ3n) is 6.35. The van der Waals surface area contributed by atoms with Crippen LogP contribution in [0.3, 0.4) is 0 Å². The van der Waals surface area contributed by atoms with Gasteiger partial charge in [-0.3, -0.25) is 13.8 Å². The van der Waals surface area contributed by atoms with Crippen LogP contribution in [0, 0.1) is 13.8 Å². The molecule has 1 aliphatic heterocycles. The van der Waals surface area contributed by atoms with E-state index in [1.807, 2.05) is 26.0 Å². The highest BCUT2D eigenvalue weighted by Crippen LogP contribution is 2.43. The van der Waals surface area contributed by atoms with Crippen LogP contribution in [0.15, 0.2) is 94.7 Å². The standard InChI is InChI=1S/C28H24ClN3O5S2/c1-18-7-8-19(2)25(15-18)31-38(34,35)22-12-10-21(11-13-22)30-28(33)17-32-26-14-9-20(29)16-24(26)23-5-3-4-6-27(23)39(32,36)37/h3-16,31H,17H2,1-2H3,(H,30,33). The van der Waals surface area contributed by atoms with Gasteiger partial charge in [-0.2, -0.15) is 0 Å². The first-order chi connectivity index (χ1) is 18.5. The van der Waals surface area contributed by atoms with Gasteiger partial charge in [0.15, 0.2) is 0 Å². The Kier molecular flexibility index (Phi) is 6.88. The first kappa shape index (κ1) is 26.7. The molecule has 39 heavy (non-hydrogen) atoms. The molecule has 2 N–H and O–H groups in total. The Hall–Kier alpha value is -3.86. The molecular formula is C28H24ClN3O5S2.